The third-order valence-electron chi connectivity index (χ3n) is 3.65. The first-order valence-corrected chi connectivity index (χ1v) is 7.82. The summed E-state index contributed by atoms with van der Waals surface area (Å²) in [5.41, 5.74) is 5.55. The predicted octanol–water partition coefficient (Wildman–Crippen LogP) is 3.71. The number of benzene rings is 3. The number of nitrogens with one attached hydrogen (secondary N) is 2. The van der Waals surface area contributed by atoms with E-state index in [-0.39, 0.29) is 12.5 Å². The number of hydrogen-bond donors (Lipinski definition) is 2. The minimum Gasteiger partial charge on any atom is -0.376 e. The predicted molar refractivity (Wildman–Crippen MR) is 99.4 cm³/mol. The van der Waals surface area contributed by atoms with E-state index in [4.69, 9.17) is 0 Å². The van der Waals surface area contributed by atoms with Gasteiger partial charge in [0.05, 0.1) is 12.8 Å². The minimum atomic E-state index is -0.187. The minimum absolute atomic E-state index is 0.179. The van der Waals surface area contributed by atoms with Crippen molar-refractivity contribution < 1.29 is 4.79 Å². The Bertz CT molecular complexity index is 887. The Morgan fingerprint density at radius 1 is 1.00 bits per heavy atom. The number of hydrogen-bond acceptors (Lipinski definition) is 3. The molecule has 0 bridgehead atoms. The molecule has 0 atom stereocenters. The summed E-state index contributed by atoms with van der Waals surface area (Å²) in [5, 5.41) is 9.41. The molecule has 4 heteroatoms. The van der Waals surface area contributed by atoms with Crippen molar-refractivity contribution in [1.29, 1.82) is 0 Å². The number of amides is 1. The van der Waals surface area contributed by atoms with Crippen LogP contribution in [0.2, 0.25) is 0 Å². The molecule has 0 saturated heterocycles. The highest BCUT2D eigenvalue weighted by atomic mass is 16.2. The fourth-order valence-corrected chi connectivity index (χ4v) is 2.44. The van der Waals surface area contributed by atoms with E-state index in [1.54, 1.807) is 6.21 Å². The summed E-state index contributed by atoms with van der Waals surface area (Å²) in [6, 6.07) is 22.1. The molecular formula is C20H19N3O. The van der Waals surface area contributed by atoms with Gasteiger partial charge in [0.25, 0.3) is 5.91 Å². The van der Waals surface area contributed by atoms with Gasteiger partial charge < -0.3 is 5.32 Å². The normalized spacial score (nSPS) is 10.9. The molecule has 0 saturated carbocycles. The van der Waals surface area contributed by atoms with Crippen molar-refractivity contribution >= 4 is 28.6 Å². The molecule has 3 aromatic carbocycles. The molecule has 3 aromatic rings. The van der Waals surface area contributed by atoms with Gasteiger partial charge in [-0.3, -0.25) is 4.79 Å². The second-order valence-electron chi connectivity index (χ2n) is 5.62. The number of fused-ring (bicyclic) bond motifs is 1. The van der Waals surface area contributed by atoms with Crippen LogP contribution in [0.3, 0.4) is 0 Å². The second kappa shape index (κ2) is 7.42. The van der Waals surface area contributed by atoms with Crippen molar-refractivity contribution in [3.63, 3.8) is 0 Å². The number of hydrazone groups is 1. The lowest BCUT2D eigenvalue weighted by molar-refractivity contribution is -0.119. The van der Waals surface area contributed by atoms with Crippen molar-refractivity contribution in [1.82, 2.24) is 5.43 Å². The first-order valence-electron chi connectivity index (χ1n) is 7.82. The monoisotopic (exact) mass is 317 g/mol. The molecule has 0 radical (unpaired) electrons. The number of carbonyl (C=O) groups is 1. The Kier molecular flexibility index (Phi) is 4.87. The molecule has 3 rings (SSSR count). The average molecular weight is 317 g/mol. The Hall–Kier alpha value is -3.14. The van der Waals surface area contributed by atoms with Crippen molar-refractivity contribution in [3.05, 3.63) is 77.9 Å². The van der Waals surface area contributed by atoms with E-state index in [0.717, 1.165) is 22.2 Å². The maximum absolute atomic E-state index is 11.8. The largest absolute Gasteiger partial charge is 0.376 e. The van der Waals surface area contributed by atoms with E-state index in [1.165, 1.54) is 5.39 Å². The lowest BCUT2D eigenvalue weighted by atomic mass is 10.1. The number of anilines is 1. The summed E-state index contributed by atoms with van der Waals surface area (Å²) < 4.78 is 0. The molecule has 120 valence electrons. The molecule has 0 fully saturated rings. The van der Waals surface area contributed by atoms with Crippen molar-refractivity contribution in [2.45, 2.75) is 6.92 Å². The van der Waals surface area contributed by atoms with Crippen LogP contribution < -0.4 is 10.7 Å². The Morgan fingerprint density at radius 3 is 2.67 bits per heavy atom. The van der Waals surface area contributed by atoms with Crippen LogP contribution >= 0.6 is 0 Å². The van der Waals surface area contributed by atoms with Gasteiger partial charge in [0.1, 0.15) is 0 Å². The molecule has 0 heterocycles. The first-order chi connectivity index (χ1) is 11.7. The van der Waals surface area contributed by atoms with Crippen LogP contribution in [0, 0.1) is 6.92 Å². The molecule has 0 aliphatic heterocycles. The second-order valence-corrected chi connectivity index (χ2v) is 5.62. The number of aryl methyl sites for hydroxylation is 1. The zero-order valence-corrected chi connectivity index (χ0v) is 13.5. The third-order valence-corrected chi connectivity index (χ3v) is 3.65. The molecule has 4 nitrogen and oxygen atoms in total. The molecule has 0 aromatic heterocycles. The van der Waals surface area contributed by atoms with Gasteiger partial charge in [0.15, 0.2) is 0 Å². The average Bonchev–Trinajstić information content (AvgIpc) is 2.60. The highest BCUT2D eigenvalue weighted by molar-refractivity contribution is 5.91. The van der Waals surface area contributed by atoms with E-state index in [1.807, 2.05) is 61.5 Å². The smallest absolute Gasteiger partial charge is 0.259 e. The summed E-state index contributed by atoms with van der Waals surface area (Å²) in [7, 11) is 0. The molecule has 0 aliphatic carbocycles. The number of nitrogens with zero attached hydrogens (tertiary/aromatic N) is 1. The molecule has 2 N–H and O–H groups in total. The fraction of sp³-hybridized carbons (Fsp3) is 0.100. The highest BCUT2D eigenvalue weighted by Crippen LogP contribution is 2.14. The van der Waals surface area contributed by atoms with Crippen LogP contribution in [0.25, 0.3) is 10.8 Å². The summed E-state index contributed by atoms with van der Waals surface area (Å²) in [6.45, 7) is 2.19. The zero-order chi connectivity index (χ0) is 16.8. The lowest BCUT2D eigenvalue weighted by Gasteiger charge is -2.05. The zero-order valence-electron chi connectivity index (χ0n) is 13.5. The third kappa shape index (κ3) is 4.20. The summed E-state index contributed by atoms with van der Waals surface area (Å²) in [4.78, 5) is 11.8. The van der Waals surface area contributed by atoms with Gasteiger partial charge in [-0.25, -0.2) is 5.43 Å². The van der Waals surface area contributed by atoms with Crippen molar-refractivity contribution in [2.75, 3.05) is 11.9 Å². The van der Waals surface area contributed by atoms with E-state index >= 15 is 0 Å². The standard InChI is InChI=1S/C20H19N3O/c1-15-5-4-8-19(11-15)21-14-20(24)23-22-13-16-9-10-17-6-2-3-7-18(17)12-16/h2-13,21H,14H2,1H3,(H,23,24). The summed E-state index contributed by atoms with van der Waals surface area (Å²) >= 11 is 0. The molecule has 0 aliphatic rings. The van der Waals surface area contributed by atoms with E-state index in [9.17, 15) is 4.79 Å². The molecule has 0 unspecified atom stereocenters. The molecule has 0 spiro atoms. The number of carbonyl (C=O) groups excluding carboxylic acids is 1. The van der Waals surface area contributed by atoms with E-state index in [2.05, 4.69) is 28.0 Å². The van der Waals surface area contributed by atoms with Gasteiger partial charge in [0, 0.05) is 5.69 Å². The fourth-order valence-electron chi connectivity index (χ4n) is 2.44. The Labute approximate surface area is 141 Å². The van der Waals surface area contributed by atoms with Gasteiger partial charge in [0.2, 0.25) is 0 Å². The Balaban J connectivity index is 1.54. The summed E-state index contributed by atoms with van der Waals surface area (Å²) in [6.07, 6.45) is 1.65. The van der Waals surface area contributed by atoms with Crippen molar-refractivity contribution in [3.8, 4) is 0 Å². The van der Waals surface area contributed by atoms with Gasteiger partial charge in [-0.05, 0) is 47.0 Å². The van der Waals surface area contributed by atoms with E-state index in [0.29, 0.717) is 0 Å². The maximum atomic E-state index is 11.8. The van der Waals surface area contributed by atoms with Crippen LogP contribution in [0.15, 0.2) is 71.8 Å². The van der Waals surface area contributed by atoms with Crippen LogP contribution in [-0.2, 0) is 4.79 Å². The molecule has 24 heavy (non-hydrogen) atoms. The topological polar surface area (TPSA) is 53.5 Å². The van der Waals surface area contributed by atoms with Crippen molar-refractivity contribution in [2.24, 2.45) is 5.10 Å². The maximum Gasteiger partial charge on any atom is 0.259 e. The van der Waals surface area contributed by atoms with Gasteiger partial charge >= 0.3 is 0 Å². The SMILES string of the molecule is Cc1cccc(NCC(=O)NN=Cc2ccc3ccccc3c2)c1. The molecule has 1 amide bonds. The number of rotatable bonds is 5. The Morgan fingerprint density at radius 2 is 1.83 bits per heavy atom. The quantitative estimate of drug-likeness (QED) is 0.557. The first kappa shape index (κ1) is 15.7. The van der Waals surface area contributed by atoms with Gasteiger partial charge in [-0.2, -0.15) is 5.10 Å². The van der Waals surface area contributed by atoms with E-state index < -0.39 is 0 Å². The van der Waals surface area contributed by atoms with Crippen LogP contribution in [-0.4, -0.2) is 18.7 Å². The lowest BCUT2D eigenvalue weighted by Crippen LogP contribution is -2.25. The van der Waals surface area contributed by atoms with Crippen LogP contribution in [0.4, 0.5) is 5.69 Å². The van der Waals surface area contributed by atoms with Crippen LogP contribution in [0.1, 0.15) is 11.1 Å². The summed E-state index contributed by atoms with van der Waals surface area (Å²) in [5.74, 6) is -0.187. The van der Waals surface area contributed by atoms with Gasteiger partial charge in [-0.1, -0.05) is 48.5 Å². The highest BCUT2D eigenvalue weighted by Gasteiger charge is 1.99. The van der Waals surface area contributed by atoms with Gasteiger partial charge in [-0.15, -0.1) is 0 Å². The molecular weight excluding hydrogens is 298 g/mol. The van der Waals surface area contributed by atoms with Crippen LogP contribution in [0.5, 0.6) is 0 Å².